The molecule has 0 bridgehead atoms. The van der Waals surface area contributed by atoms with Gasteiger partial charge in [-0.3, -0.25) is 0 Å². The molecule has 0 aliphatic carbocycles. The monoisotopic (exact) mass is 307 g/mol. The van der Waals surface area contributed by atoms with Gasteiger partial charge < -0.3 is 14.9 Å². The van der Waals surface area contributed by atoms with Crippen LogP contribution in [0.15, 0.2) is 16.7 Å². The first-order valence-corrected chi connectivity index (χ1v) is 6.05. The molecule has 0 saturated carbocycles. The second-order valence-electron chi connectivity index (χ2n) is 3.66. The SMILES string of the molecule is OC[C@H]1O[C@@H](c2ccc(Cl)nc2Br)C[C@@H]1O. The van der Waals surface area contributed by atoms with Crippen LogP contribution in [0.3, 0.4) is 0 Å². The zero-order valence-electron chi connectivity index (χ0n) is 8.31. The van der Waals surface area contributed by atoms with Crippen molar-refractivity contribution < 1.29 is 14.9 Å². The van der Waals surface area contributed by atoms with Gasteiger partial charge in [-0.1, -0.05) is 17.7 Å². The van der Waals surface area contributed by atoms with E-state index in [2.05, 4.69) is 20.9 Å². The molecule has 16 heavy (non-hydrogen) atoms. The number of nitrogens with zero attached hydrogens (tertiary/aromatic N) is 1. The Bertz CT molecular complexity index is 390. The minimum Gasteiger partial charge on any atom is -0.394 e. The van der Waals surface area contributed by atoms with Crippen molar-refractivity contribution in [3.63, 3.8) is 0 Å². The van der Waals surface area contributed by atoms with Crippen molar-refractivity contribution in [3.8, 4) is 0 Å². The minimum absolute atomic E-state index is 0.184. The number of aromatic nitrogens is 1. The van der Waals surface area contributed by atoms with Gasteiger partial charge in [0.25, 0.3) is 0 Å². The van der Waals surface area contributed by atoms with Gasteiger partial charge in [0.1, 0.15) is 15.9 Å². The predicted molar refractivity (Wildman–Crippen MR) is 62.3 cm³/mol. The fourth-order valence-electron chi connectivity index (χ4n) is 1.76. The molecule has 2 rings (SSSR count). The molecule has 0 amide bonds. The first kappa shape index (κ1) is 12.3. The minimum atomic E-state index is -0.641. The van der Waals surface area contributed by atoms with Crippen LogP contribution in [-0.2, 0) is 4.74 Å². The van der Waals surface area contributed by atoms with E-state index >= 15 is 0 Å². The zero-order valence-corrected chi connectivity index (χ0v) is 10.6. The number of halogens is 2. The Kier molecular flexibility index (Phi) is 3.81. The van der Waals surface area contributed by atoms with E-state index < -0.39 is 12.2 Å². The molecule has 88 valence electrons. The maximum atomic E-state index is 9.62. The maximum Gasteiger partial charge on any atom is 0.130 e. The summed E-state index contributed by atoms with van der Waals surface area (Å²) in [4.78, 5) is 4.05. The zero-order chi connectivity index (χ0) is 11.7. The van der Waals surface area contributed by atoms with Crippen LogP contribution in [0.25, 0.3) is 0 Å². The van der Waals surface area contributed by atoms with Gasteiger partial charge in [-0.2, -0.15) is 0 Å². The number of rotatable bonds is 2. The van der Waals surface area contributed by atoms with Crippen LogP contribution < -0.4 is 0 Å². The van der Waals surface area contributed by atoms with Crippen LogP contribution >= 0.6 is 27.5 Å². The average molecular weight is 309 g/mol. The lowest BCUT2D eigenvalue weighted by atomic mass is 10.1. The Morgan fingerprint density at radius 1 is 1.56 bits per heavy atom. The van der Waals surface area contributed by atoms with E-state index in [1.54, 1.807) is 12.1 Å². The third-order valence-electron chi connectivity index (χ3n) is 2.59. The summed E-state index contributed by atoms with van der Waals surface area (Å²) >= 11 is 9.04. The third kappa shape index (κ3) is 2.38. The van der Waals surface area contributed by atoms with E-state index in [9.17, 15) is 5.11 Å². The fourth-order valence-corrected chi connectivity index (χ4v) is 2.58. The van der Waals surface area contributed by atoms with Crippen LogP contribution in [0.2, 0.25) is 5.15 Å². The molecule has 0 unspecified atom stereocenters. The number of aliphatic hydroxyl groups excluding tert-OH is 2. The van der Waals surface area contributed by atoms with Crippen LogP contribution in [0.5, 0.6) is 0 Å². The lowest BCUT2D eigenvalue weighted by Gasteiger charge is -2.13. The molecule has 1 fully saturated rings. The lowest BCUT2D eigenvalue weighted by Crippen LogP contribution is -2.24. The molecule has 6 heteroatoms. The maximum absolute atomic E-state index is 9.62. The topological polar surface area (TPSA) is 62.6 Å². The van der Waals surface area contributed by atoms with Crippen LogP contribution in [-0.4, -0.2) is 34.0 Å². The van der Waals surface area contributed by atoms with Crippen molar-refractivity contribution in [3.05, 3.63) is 27.5 Å². The average Bonchev–Trinajstić information content (AvgIpc) is 2.59. The lowest BCUT2D eigenvalue weighted by molar-refractivity contribution is -0.0228. The van der Waals surface area contributed by atoms with Crippen LogP contribution in [0.4, 0.5) is 0 Å². The van der Waals surface area contributed by atoms with Gasteiger partial charge in [0.05, 0.1) is 18.8 Å². The van der Waals surface area contributed by atoms with E-state index in [1.807, 2.05) is 0 Å². The largest absolute Gasteiger partial charge is 0.394 e. The Balaban J connectivity index is 2.20. The summed E-state index contributed by atoms with van der Waals surface area (Å²) in [5.74, 6) is 0. The summed E-state index contributed by atoms with van der Waals surface area (Å²) in [7, 11) is 0. The van der Waals surface area contributed by atoms with Gasteiger partial charge in [0, 0.05) is 12.0 Å². The van der Waals surface area contributed by atoms with E-state index in [1.165, 1.54) is 0 Å². The molecule has 0 radical (unpaired) electrons. The molecule has 2 N–H and O–H groups in total. The first-order valence-electron chi connectivity index (χ1n) is 4.88. The van der Waals surface area contributed by atoms with Crippen molar-refractivity contribution in [1.82, 2.24) is 4.98 Å². The Morgan fingerprint density at radius 2 is 2.31 bits per heavy atom. The molecule has 0 spiro atoms. The number of ether oxygens (including phenoxy) is 1. The third-order valence-corrected chi connectivity index (χ3v) is 3.44. The highest BCUT2D eigenvalue weighted by atomic mass is 79.9. The van der Waals surface area contributed by atoms with E-state index in [0.29, 0.717) is 16.2 Å². The molecular formula is C10H11BrClNO3. The Morgan fingerprint density at radius 3 is 2.88 bits per heavy atom. The summed E-state index contributed by atoms with van der Waals surface area (Å²) in [6.07, 6.45) is -0.968. The standard InChI is InChI=1S/C10H11BrClNO3/c11-10-5(1-2-9(12)13-10)7-3-6(15)8(4-14)16-7/h1-2,6-8,14-15H,3-4H2/t6-,7+,8+/m0/s1. The highest BCUT2D eigenvalue weighted by molar-refractivity contribution is 9.10. The van der Waals surface area contributed by atoms with Crippen molar-refractivity contribution in [2.45, 2.75) is 24.7 Å². The summed E-state index contributed by atoms with van der Waals surface area (Å²) in [5, 5.41) is 19.0. The second-order valence-corrected chi connectivity index (χ2v) is 4.80. The van der Waals surface area contributed by atoms with Gasteiger partial charge in [-0.05, 0) is 22.0 Å². The number of aliphatic hydroxyl groups is 2. The highest BCUT2D eigenvalue weighted by Crippen LogP contribution is 2.36. The molecule has 1 aromatic rings. The van der Waals surface area contributed by atoms with Crippen molar-refractivity contribution in [2.24, 2.45) is 0 Å². The number of hydrogen-bond donors (Lipinski definition) is 2. The summed E-state index contributed by atoms with van der Waals surface area (Å²) < 4.78 is 6.12. The number of pyridine rings is 1. The molecule has 1 aromatic heterocycles. The molecule has 4 nitrogen and oxygen atoms in total. The molecule has 3 atom stereocenters. The Hall–Kier alpha value is -0.200. The van der Waals surface area contributed by atoms with Crippen molar-refractivity contribution in [2.75, 3.05) is 6.61 Å². The molecule has 1 aliphatic rings. The summed E-state index contributed by atoms with van der Waals surface area (Å²) in [5.41, 5.74) is 0.833. The molecular weight excluding hydrogens is 297 g/mol. The quantitative estimate of drug-likeness (QED) is 0.816. The van der Waals surface area contributed by atoms with Gasteiger partial charge in [0.15, 0.2) is 0 Å². The van der Waals surface area contributed by atoms with Crippen molar-refractivity contribution >= 4 is 27.5 Å². The van der Waals surface area contributed by atoms with E-state index in [-0.39, 0.29) is 12.7 Å². The van der Waals surface area contributed by atoms with Gasteiger partial charge in [0.2, 0.25) is 0 Å². The normalized spacial score (nSPS) is 29.6. The predicted octanol–water partition coefficient (Wildman–Crippen LogP) is 1.68. The van der Waals surface area contributed by atoms with Gasteiger partial charge >= 0.3 is 0 Å². The Labute approximate surface area is 106 Å². The molecule has 2 heterocycles. The van der Waals surface area contributed by atoms with E-state index in [0.717, 1.165) is 5.56 Å². The summed E-state index contributed by atoms with van der Waals surface area (Å²) in [6, 6.07) is 3.47. The van der Waals surface area contributed by atoms with Crippen LogP contribution in [0, 0.1) is 0 Å². The van der Waals surface area contributed by atoms with E-state index in [4.69, 9.17) is 21.4 Å². The van der Waals surface area contributed by atoms with Crippen LogP contribution in [0.1, 0.15) is 18.1 Å². The fraction of sp³-hybridized carbons (Fsp3) is 0.500. The first-order chi connectivity index (χ1) is 7.61. The van der Waals surface area contributed by atoms with Crippen molar-refractivity contribution in [1.29, 1.82) is 0 Å². The molecule has 1 aliphatic heterocycles. The molecule has 0 aromatic carbocycles. The van der Waals surface area contributed by atoms with Gasteiger partial charge in [-0.15, -0.1) is 0 Å². The second kappa shape index (κ2) is 4.98. The number of hydrogen-bond acceptors (Lipinski definition) is 4. The summed E-state index contributed by atoms with van der Waals surface area (Å²) in [6.45, 7) is -0.184. The highest BCUT2D eigenvalue weighted by Gasteiger charge is 2.35. The smallest absolute Gasteiger partial charge is 0.130 e. The molecule has 1 saturated heterocycles. The van der Waals surface area contributed by atoms with Gasteiger partial charge in [-0.25, -0.2) is 4.98 Å².